The van der Waals surface area contributed by atoms with E-state index in [4.69, 9.17) is 9.40 Å². The summed E-state index contributed by atoms with van der Waals surface area (Å²) in [6, 6.07) is 3.90. The molecule has 3 rings (SSSR count). The summed E-state index contributed by atoms with van der Waals surface area (Å²) in [6.45, 7) is 2.06. The second-order valence-corrected chi connectivity index (χ2v) is 5.72. The molecular weight excluding hydrogens is 258 g/mol. The van der Waals surface area contributed by atoms with Crippen molar-refractivity contribution >= 4 is 17.6 Å². The third kappa shape index (κ3) is 2.76. The van der Waals surface area contributed by atoms with E-state index in [0.29, 0.717) is 5.92 Å². The lowest BCUT2D eigenvalue weighted by atomic mass is 10.3. The Morgan fingerprint density at radius 2 is 2.26 bits per heavy atom. The summed E-state index contributed by atoms with van der Waals surface area (Å²) >= 11 is 1.71. The van der Waals surface area contributed by atoms with Crippen molar-refractivity contribution in [1.29, 1.82) is 0 Å². The van der Waals surface area contributed by atoms with Crippen LogP contribution in [0.25, 0.3) is 0 Å². The van der Waals surface area contributed by atoms with Crippen LogP contribution in [-0.4, -0.2) is 17.0 Å². The monoisotopic (exact) mass is 275 g/mol. The van der Waals surface area contributed by atoms with Crippen molar-refractivity contribution in [2.24, 2.45) is 0 Å². The number of rotatable bonds is 5. The van der Waals surface area contributed by atoms with E-state index in [2.05, 4.69) is 17.2 Å². The van der Waals surface area contributed by atoms with Gasteiger partial charge in [0.05, 0.1) is 12.0 Å². The van der Waals surface area contributed by atoms with E-state index in [1.165, 1.54) is 12.8 Å². The molecule has 1 aliphatic rings. The number of furan rings is 1. The Kier molecular flexibility index (Phi) is 3.46. The fourth-order valence-electron chi connectivity index (χ4n) is 1.95. The molecule has 0 spiro atoms. The van der Waals surface area contributed by atoms with Gasteiger partial charge in [0.25, 0.3) is 0 Å². The van der Waals surface area contributed by atoms with Gasteiger partial charge in [0.15, 0.2) is 0 Å². The maximum absolute atomic E-state index is 5.36. The first-order valence-electron chi connectivity index (χ1n) is 6.49. The van der Waals surface area contributed by atoms with E-state index in [1.54, 1.807) is 18.0 Å². The third-order valence-electron chi connectivity index (χ3n) is 3.23. The van der Waals surface area contributed by atoms with E-state index in [0.717, 1.165) is 33.7 Å². The molecule has 1 aliphatic carbocycles. The molecule has 19 heavy (non-hydrogen) atoms. The van der Waals surface area contributed by atoms with Crippen LogP contribution in [0.1, 0.15) is 35.9 Å². The molecule has 0 radical (unpaired) electrons. The van der Waals surface area contributed by atoms with Crippen LogP contribution in [0.4, 0.5) is 5.82 Å². The van der Waals surface area contributed by atoms with Crippen molar-refractivity contribution in [2.45, 2.75) is 36.5 Å². The summed E-state index contributed by atoms with van der Waals surface area (Å²) in [5.41, 5.74) is 1.11. The zero-order valence-corrected chi connectivity index (χ0v) is 12.0. The lowest BCUT2D eigenvalue weighted by Crippen LogP contribution is -2.04. The van der Waals surface area contributed by atoms with Gasteiger partial charge < -0.3 is 9.73 Å². The first kappa shape index (κ1) is 12.5. The van der Waals surface area contributed by atoms with Gasteiger partial charge in [-0.25, -0.2) is 9.97 Å². The highest BCUT2D eigenvalue weighted by Gasteiger charge is 2.28. The predicted octanol–water partition coefficient (Wildman–Crippen LogP) is 3.59. The van der Waals surface area contributed by atoms with Gasteiger partial charge in [-0.1, -0.05) is 11.8 Å². The summed E-state index contributed by atoms with van der Waals surface area (Å²) < 4.78 is 5.36. The molecule has 100 valence electrons. The lowest BCUT2D eigenvalue weighted by Gasteiger charge is -2.11. The predicted molar refractivity (Wildman–Crippen MR) is 76.6 cm³/mol. The molecule has 2 aromatic heterocycles. The van der Waals surface area contributed by atoms with Gasteiger partial charge in [-0.3, -0.25) is 0 Å². The number of aromatic nitrogens is 2. The van der Waals surface area contributed by atoms with Crippen LogP contribution < -0.4 is 5.32 Å². The van der Waals surface area contributed by atoms with E-state index in [-0.39, 0.29) is 0 Å². The zero-order valence-electron chi connectivity index (χ0n) is 11.1. The second kappa shape index (κ2) is 5.25. The molecule has 1 saturated carbocycles. The SMILES string of the molecule is CNc1nc(C2CC2)nc(SCc2ccco2)c1C. The highest BCUT2D eigenvalue weighted by Crippen LogP contribution is 2.40. The highest BCUT2D eigenvalue weighted by molar-refractivity contribution is 7.98. The van der Waals surface area contributed by atoms with Gasteiger partial charge in [-0.15, -0.1) is 0 Å². The summed E-state index contributed by atoms with van der Waals surface area (Å²) in [5.74, 6) is 4.27. The smallest absolute Gasteiger partial charge is 0.135 e. The average Bonchev–Trinajstić information content (AvgIpc) is 3.14. The Morgan fingerprint density at radius 1 is 1.42 bits per heavy atom. The second-order valence-electron chi connectivity index (χ2n) is 4.75. The molecule has 1 N–H and O–H groups in total. The first-order chi connectivity index (χ1) is 9.28. The molecule has 0 aromatic carbocycles. The molecular formula is C14H17N3OS. The van der Waals surface area contributed by atoms with Gasteiger partial charge in [0.1, 0.15) is 22.4 Å². The van der Waals surface area contributed by atoms with Crippen molar-refractivity contribution in [1.82, 2.24) is 9.97 Å². The molecule has 5 heteroatoms. The van der Waals surface area contributed by atoms with Gasteiger partial charge in [0, 0.05) is 18.5 Å². The molecule has 0 unspecified atom stereocenters. The topological polar surface area (TPSA) is 51.0 Å². The van der Waals surface area contributed by atoms with Crippen LogP contribution in [0.2, 0.25) is 0 Å². The largest absolute Gasteiger partial charge is 0.468 e. The van der Waals surface area contributed by atoms with E-state index >= 15 is 0 Å². The number of anilines is 1. The van der Waals surface area contributed by atoms with Crippen LogP contribution in [-0.2, 0) is 5.75 Å². The van der Waals surface area contributed by atoms with Crippen LogP contribution in [0.5, 0.6) is 0 Å². The number of hydrogen-bond acceptors (Lipinski definition) is 5. The Balaban J connectivity index is 1.83. The van der Waals surface area contributed by atoms with E-state index in [9.17, 15) is 0 Å². The lowest BCUT2D eigenvalue weighted by molar-refractivity contribution is 0.530. The van der Waals surface area contributed by atoms with Crippen LogP contribution >= 0.6 is 11.8 Å². The highest BCUT2D eigenvalue weighted by atomic mass is 32.2. The molecule has 0 atom stereocenters. The van der Waals surface area contributed by atoms with Crippen molar-refractivity contribution in [3.63, 3.8) is 0 Å². The summed E-state index contributed by atoms with van der Waals surface area (Å²) in [7, 11) is 1.91. The maximum atomic E-state index is 5.36. The van der Waals surface area contributed by atoms with Crippen LogP contribution in [0.3, 0.4) is 0 Å². The Morgan fingerprint density at radius 3 is 2.89 bits per heavy atom. The quantitative estimate of drug-likeness (QED) is 0.667. The van der Waals surface area contributed by atoms with Gasteiger partial charge >= 0.3 is 0 Å². The van der Waals surface area contributed by atoms with Gasteiger partial charge in [-0.05, 0) is 31.9 Å². The summed E-state index contributed by atoms with van der Waals surface area (Å²) in [6.07, 6.45) is 4.14. The number of nitrogens with one attached hydrogen (secondary N) is 1. The average molecular weight is 275 g/mol. The van der Waals surface area contributed by atoms with Crippen molar-refractivity contribution in [2.75, 3.05) is 12.4 Å². The minimum atomic E-state index is 0.565. The van der Waals surface area contributed by atoms with Crippen molar-refractivity contribution in [3.05, 3.63) is 35.5 Å². The molecule has 2 heterocycles. The summed E-state index contributed by atoms with van der Waals surface area (Å²) in [4.78, 5) is 9.31. The fraction of sp³-hybridized carbons (Fsp3) is 0.429. The summed E-state index contributed by atoms with van der Waals surface area (Å²) in [5, 5.41) is 4.22. The van der Waals surface area contributed by atoms with Crippen LogP contribution in [0, 0.1) is 6.92 Å². The fourth-order valence-corrected chi connectivity index (χ4v) is 2.87. The molecule has 0 aliphatic heterocycles. The standard InChI is InChI=1S/C14H17N3OS/c1-9-12(15-2)16-13(10-5-6-10)17-14(9)19-8-11-4-3-7-18-11/h3-4,7,10H,5-6,8H2,1-2H3,(H,15,16,17). The molecule has 1 fully saturated rings. The number of hydrogen-bond donors (Lipinski definition) is 1. The van der Waals surface area contributed by atoms with Gasteiger partial charge in [0.2, 0.25) is 0 Å². The minimum absolute atomic E-state index is 0.565. The zero-order chi connectivity index (χ0) is 13.2. The molecule has 0 bridgehead atoms. The van der Waals surface area contributed by atoms with Crippen molar-refractivity contribution in [3.8, 4) is 0 Å². The molecule has 2 aromatic rings. The molecule has 0 amide bonds. The van der Waals surface area contributed by atoms with E-state index in [1.807, 2.05) is 19.2 Å². The Bertz CT molecular complexity index is 564. The number of thioether (sulfide) groups is 1. The molecule has 0 saturated heterocycles. The molecule has 4 nitrogen and oxygen atoms in total. The Hall–Kier alpha value is -1.49. The maximum Gasteiger partial charge on any atom is 0.135 e. The normalized spacial score (nSPS) is 14.6. The third-order valence-corrected chi connectivity index (χ3v) is 4.33. The van der Waals surface area contributed by atoms with Crippen molar-refractivity contribution < 1.29 is 4.42 Å². The van der Waals surface area contributed by atoms with Gasteiger partial charge in [-0.2, -0.15) is 0 Å². The number of nitrogens with zero attached hydrogens (tertiary/aromatic N) is 2. The Labute approximate surface area is 117 Å². The van der Waals surface area contributed by atoms with E-state index < -0.39 is 0 Å². The van der Waals surface area contributed by atoms with Crippen LogP contribution in [0.15, 0.2) is 27.8 Å². The minimum Gasteiger partial charge on any atom is -0.468 e. The first-order valence-corrected chi connectivity index (χ1v) is 7.48.